The predicted octanol–water partition coefficient (Wildman–Crippen LogP) is 2.67. The third-order valence-electron chi connectivity index (χ3n) is 4.44. The molecule has 8 heteroatoms. The van der Waals surface area contributed by atoms with Gasteiger partial charge in [-0.2, -0.15) is 0 Å². The van der Waals surface area contributed by atoms with E-state index in [1.54, 1.807) is 12.1 Å². The molecule has 1 aliphatic rings. The summed E-state index contributed by atoms with van der Waals surface area (Å²) >= 11 is 1.52. The number of hydroxylamine groups is 1. The molecule has 2 aromatic carbocycles. The lowest BCUT2D eigenvalue weighted by Gasteiger charge is -2.34. The second-order valence-corrected chi connectivity index (χ2v) is 9.34. The molecule has 0 unspecified atom stereocenters. The van der Waals surface area contributed by atoms with Crippen molar-refractivity contribution in [3.05, 3.63) is 54.6 Å². The van der Waals surface area contributed by atoms with Crippen LogP contribution >= 0.6 is 11.8 Å². The highest BCUT2D eigenvalue weighted by Gasteiger charge is 2.52. The molecule has 2 aromatic rings. The van der Waals surface area contributed by atoms with Gasteiger partial charge in [-0.1, -0.05) is 30.0 Å². The quantitative estimate of drug-likeness (QED) is 0.599. The van der Waals surface area contributed by atoms with Crippen LogP contribution in [0.15, 0.2) is 69.3 Å². The third-order valence-corrected chi connectivity index (χ3v) is 7.97. The van der Waals surface area contributed by atoms with Crippen molar-refractivity contribution in [2.45, 2.75) is 32.3 Å². The highest BCUT2D eigenvalue weighted by molar-refractivity contribution is 7.99. The normalized spacial score (nSPS) is 16.8. The number of hydrogen-bond donors (Lipinski definition) is 2. The van der Waals surface area contributed by atoms with Gasteiger partial charge in [0.15, 0.2) is 14.6 Å². The molecule has 26 heavy (non-hydrogen) atoms. The molecule has 1 aliphatic heterocycles. The first-order valence-electron chi connectivity index (χ1n) is 8.09. The van der Waals surface area contributed by atoms with Crippen LogP contribution < -0.4 is 5.48 Å². The van der Waals surface area contributed by atoms with E-state index < -0.39 is 20.5 Å². The first kappa shape index (κ1) is 18.9. The van der Waals surface area contributed by atoms with Crippen LogP contribution in [0.4, 0.5) is 0 Å². The highest BCUT2D eigenvalue weighted by Crippen LogP contribution is 2.36. The number of sulfone groups is 1. The van der Waals surface area contributed by atoms with Gasteiger partial charge in [0, 0.05) is 23.0 Å². The molecule has 0 aliphatic carbocycles. The maximum Gasteiger partial charge on any atom is 0.265 e. The van der Waals surface area contributed by atoms with Crippen molar-refractivity contribution in [3.8, 4) is 0 Å². The Morgan fingerprint density at radius 1 is 1.00 bits per heavy atom. The standard InChI is InChI=1S/C18H19NO5S2/c20-17(19-21)18(10-12-24-13-11-18)26(22,23)16-8-6-15(7-9-16)25-14-4-2-1-3-5-14/h1-9,21H,10-13H2,(H,19,20). The summed E-state index contributed by atoms with van der Waals surface area (Å²) in [5.41, 5.74) is 1.52. The summed E-state index contributed by atoms with van der Waals surface area (Å²) in [7, 11) is -3.99. The zero-order chi connectivity index (χ0) is 18.6. The molecule has 3 rings (SSSR count). The van der Waals surface area contributed by atoms with Crippen LogP contribution in [0.3, 0.4) is 0 Å². The van der Waals surface area contributed by atoms with Crippen molar-refractivity contribution in [3.63, 3.8) is 0 Å². The fraction of sp³-hybridized carbons (Fsp3) is 0.278. The SMILES string of the molecule is O=C(NO)C1(S(=O)(=O)c2ccc(Sc3ccccc3)cc2)CCOCC1. The molecule has 0 aromatic heterocycles. The van der Waals surface area contributed by atoms with E-state index in [9.17, 15) is 13.2 Å². The molecule has 0 spiro atoms. The van der Waals surface area contributed by atoms with Gasteiger partial charge in [-0.3, -0.25) is 10.0 Å². The molecular weight excluding hydrogens is 374 g/mol. The van der Waals surface area contributed by atoms with Crippen molar-refractivity contribution in [2.75, 3.05) is 13.2 Å². The van der Waals surface area contributed by atoms with Gasteiger partial charge in [-0.15, -0.1) is 0 Å². The molecule has 0 atom stereocenters. The lowest BCUT2D eigenvalue weighted by Crippen LogP contribution is -2.54. The molecule has 2 N–H and O–H groups in total. The van der Waals surface area contributed by atoms with Crippen LogP contribution in [0.25, 0.3) is 0 Å². The molecule has 0 radical (unpaired) electrons. The fourth-order valence-electron chi connectivity index (χ4n) is 2.96. The number of amides is 1. The Balaban J connectivity index is 1.90. The van der Waals surface area contributed by atoms with Crippen LogP contribution in [-0.2, 0) is 19.4 Å². The number of rotatable bonds is 5. The van der Waals surface area contributed by atoms with Crippen molar-refractivity contribution < 1.29 is 23.2 Å². The summed E-state index contributed by atoms with van der Waals surface area (Å²) < 4.78 is 29.8. The topological polar surface area (TPSA) is 92.7 Å². The molecule has 138 valence electrons. The largest absolute Gasteiger partial charge is 0.381 e. The number of carbonyl (C=O) groups is 1. The minimum Gasteiger partial charge on any atom is -0.381 e. The molecule has 1 saturated heterocycles. The summed E-state index contributed by atoms with van der Waals surface area (Å²) in [6, 6.07) is 16.2. The Bertz CT molecular complexity index is 860. The Labute approximate surface area is 156 Å². The Morgan fingerprint density at radius 3 is 2.15 bits per heavy atom. The minimum atomic E-state index is -3.99. The monoisotopic (exact) mass is 393 g/mol. The Kier molecular flexibility index (Phi) is 5.67. The fourth-order valence-corrected chi connectivity index (χ4v) is 5.73. The molecule has 6 nitrogen and oxygen atoms in total. The number of carbonyl (C=O) groups excluding carboxylic acids is 1. The van der Waals surface area contributed by atoms with E-state index >= 15 is 0 Å². The van der Waals surface area contributed by atoms with Gasteiger partial charge in [0.1, 0.15) is 0 Å². The second-order valence-electron chi connectivity index (χ2n) is 5.94. The lowest BCUT2D eigenvalue weighted by molar-refractivity contribution is -0.134. The van der Waals surface area contributed by atoms with Crippen LogP contribution in [0, 0.1) is 0 Å². The maximum atomic E-state index is 13.1. The number of hydrogen-bond acceptors (Lipinski definition) is 6. The van der Waals surface area contributed by atoms with Crippen LogP contribution in [-0.4, -0.2) is 37.5 Å². The van der Waals surface area contributed by atoms with E-state index in [-0.39, 0.29) is 31.0 Å². The van der Waals surface area contributed by atoms with Gasteiger partial charge in [0.05, 0.1) is 4.90 Å². The maximum absolute atomic E-state index is 13.1. The van der Waals surface area contributed by atoms with Crippen molar-refractivity contribution in [2.24, 2.45) is 0 Å². The van der Waals surface area contributed by atoms with E-state index in [1.807, 2.05) is 30.3 Å². The molecule has 1 amide bonds. The average molecular weight is 393 g/mol. The highest BCUT2D eigenvalue weighted by atomic mass is 32.2. The summed E-state index contributed by atoms with van der Waals surface area (Å²) in [6.45, 7) is 0.295. The Hall–Kier alpha value is -1.87. The summed E-state index contributed by atoms with van der Waals surface area (Å²) in [5.74, 6) is -0.913. The summed E-state index contributed by atoms with van der Waals surface area (Å²) in [4.78, 5) is 14.2. The number of benzene rings is 2. The average Bonchev–Trinajstić information content (AvgIpc) is 2.69. The van der Waals surface area contributed by atoms with E-state index in [4.69, 9.17) is 9.94 Å². The van der Waals surface area contributed by atoms with Gasteiger partial charge in [0.2, 0.25) is 0 Å². The van der Waals surface area contributed by atoms with Gasteiger partial charge in [-0.25, -0.2) is 13.9 Å². The zero-order valence-corrected chi connectivity index (χ0v) is 15.6. The number of ether oxygens (including phenoxy) is 1. The lowest BCUT2D eigenvalue weighted by atomic mass is 9.98. The summed E-state index contributed by atoms with van der Waals surface area (Å²) in [5, 5.41) is 9.06. The third kappa shape index (κ3) is 3.50. The van der Waals surface area contributed by atoms with Gasteiger partial charge in [-0.05, 0) is 49.2 Å². The Morgan fingerprint density at radius 2 is 1.58 bits per heavy atom. The van der Waals surface area contributed by atoms with Gasteiger partial charge < -0.3 is 4.74 Å². The predicted molar refractivity (Wildman–Crippen MR) is 96.9 cm³/mol. The zero-order valence-electron chi connectivity index (χ0n) is 13.9. The minimum absolute atomic E-state index is 0.00223. The second kappa shape index (κ2) is 7.79. The molecule has 1 heterocycles. The molecule has 0 saturated carbocycles. The molecule has 0 bridgehead atoms. The number of nitrogens with one attached hydrogen (secondary N) is 1. The van der Waals surface area contributed by atoms with Crippen LogP contribution in [0.1, 0.15) is 12.8 Å². The van der Waals surface area contributed by atoms with Gasteiger partial charge in [0.25, 0.3) is 5.91 Å². The van der Waals surface area contributed by atoms with E-state index in [0.29, 0.717) is 0 Å². The smallest absolute Gasteiger partial charge is 0.265 e. The van der Waals surface area contributed by atoms with Crippen molar-refractivity contribution >= 4 is 27.5 Å². The molecule has 1 fully saturated rings. The van der Waals surface area contributed by atoms with Crippen LogP contribution in [0.2, 0.25) is 0 Å². The van der Waals surface area contributed by atoms with E-state index in [2.05, 4.69) is 0 Å². The van der Waals surface area contributed by atoms with Crippen molar-refractivity contribution in [1.82, 2.24) is 5.48 Å². The van der Waals surface area contributed by atoms with Gasteiger partial charge >= 0.3 is 0 Å². The van der Waals surface area contributed by atoms with Crippen molar-refractivity contribution in [1.29, 1.82) is 0 Å². The first-order chi connectivity index (χ1) is 12.5. The van der Waals surface area contributed by atoms with E-state index in [0.717, 1.165) is 9.79 Å². The molecular formula is C18H19NO5S2. The van der Waals surface area contributed by atoms with E-state index in [1.165, 1.54) is 29.4 Å². The first-order valence-corrected chi connectivity index (χ1v) is 10.4. The summed E-state index contributed by atoms with van der Waals surface area (Å²) in [6.07, 6.45) is 0.00445. The van der Waals surface area contributed by atoms with Crippen LogP contribution in [0.5, 0.6) is 0 Å².